The van der Waals surface area contributed by atoms with E-state index in [0.29, 0.717) is 18.3 Å². The van der Waals surface area contributed by atoms with Crippen LogP contribution in [0.3, 0.4) is 0 Å². The maximum Gasteiger partial charge on any atom is 0.0629 e. The van der Waals surface area contributed by atoms with Gasteiger partial charge in [0.25, 0.3) is 0 Å². The zero-order valence-corrected chi connectivity index (χ0v) is 17.3. The Morgan fingerprint density at radius 1 is 0.545 bits per heavy atom. The van der Waals surface area contributed by atoms with Gasteiger partial charge < -0.3 is 14.2 Å². The van der Waals surface area contributed by atoms with Crippen LogP contribution in [0.15, 0.2) is 0 Å². The van der Waals surface area contributed by atoms with Crippen molar-refractivity contribution in [2.24, 2.45) is 0 Å². The molecule has 0 aromatic rings. The molecule has 0 bridgehead atoms. The molecule has 0 saturated carbocycles. The van der Waals surface area contributed by atoms with Gasteiger partial charge in [-0.2, -0.15) is 0 Å². The highest BCUT2D eigenvalue weighted by Gasteiger charge is 2.35. The molecule has 3 nitrogen and oxygen atoms in total. The monoisotopic (exact) mass is 332 g/mol. The van der Waals surface area contributed by atoms with Crippen LogP contribution in [-0.2, 0) is 14.2 Å². The minimum Gasteiger partial charge on any atom is -0.379 e. The molecule has 0 radical (unpaired) electrons. The Labute approximate surface area is 140 Å². The quantitative estimate of drug-likeness (QED) is 0.438. The standard InChI is InChI=1S/C18H40O3Si/c1-15(2)19-9-12-22(18(7)8,13-10-20-16(3)4)14-11-21-17(5)6/h15-18H,9-14H2,1-8H3. The normalized spacial score (nSPS) is 13.1. The molecule has 0 rings (SSSR count). The molecule has 0 saturated heterocycles. The van der Waals surface area contributed by atoms with Crippen molar-refractivity contribution in [3.05, 3.63) is 0 Å². The number of ether oxygens (including phenoxy) is 3. The molecule has 0 spiro atoms. The van der Waals surface area contributed by atoms with E-state index in [1.165, 1.54) is 18.1 Å². The fraction of sp³-hybridized carbons (Fsp3) is 1.00. The summed E-state index contributed by atoms with van der Waals surface area (Å²) in [6.45, 7) is 20.1. The van der Waals surface area contributed by atoms with Crippen LogP contribution in [0.25, 0.3) is 0 Å². The van der Waals surface area contributed by atoms with Crippen LogP contribution in [0, 0.1) is 0 Å². The van der Waals surface area contributed by atoms with Crippen LogP contribution in [0.2, 0.25) is 23.7 Å². The Kier molecular flexibility index (Phi) is 11.7. The molecule has 0 heterocycles. The number of hydrogen-bond donors (Lipinski definition) is 0. The summed E-state index contributed by atoms with van der Waals surface area (Å²) in [4.78, 5) is 0. The third-order valence-electron chi connectivity index (χ3n) is 4.38. The van der Waals surface area contributed by atoms with E-state index in [9.17, 15) is 0 Å². The molecule has 4 heteroatoms. The van der Waals surface area contributed by atoms with Crippen LogP contribution in [-0.4, -0.2) is 46.2 Å². The van der Waals surface area contributed by atoms with Crippen LogP contribution in [0.4, 0.5) is 0 Å². The zero-order chi connectivity index (χ0) is 17.2. The Morgan fingerprint density at radius 3 is 1.00 bits per heavy atom. The van der Waals surface area contributed by atoms with Gasteiger partial charge in [-0.1, -0.05) is 19.4 Å². The lowest BCUT2D eigenvalue weighted by atomic mass is 10.5. The first kappa shape index (κ1) is 22.1. The SMILES string of the molecule is CC(C)OCC[Si](CCOC(C)C)(CCOC(C)C)C(C)C. The molecule has 0 unspecified atom stereocenters. The van der Waals surface area contributed by atoms with Crippen LogP contribution in [0.5, 0.6) is 0 Å². The van der Waals surface area contributed by atoms with E-state index in [2.05, 4.69) is 55.4 Å². The largest absolute Gasteiger partial charge is 0.379 e. The lowest BCUT2D eigenvalue weighted by Crippen LogP contribution is -2.41. The van der Waals surface area contributed by atoms with Gasteiger partial charge in [0.15, 0.2) is 0 Å². The lowest BCUT2D eigenvalue weighted by Gasteiger charge is -2.36. The molecular weight excluding hydrogens is 292 g/mol. The molecular formula is C18H40O3Si. The molecule has 0 N–H and O–H groups in total. The van der Waals surface area contributed by atoms with Crippen molar-refractivity contribution in [1.82, 2.24) is 0 Å². The molecule has 0 amide bonds. The topological polar surface area (TPSA) is 27.7 Å². The predicted octanol–water partition coefficient (Wildman–Crippen LogP) is 5.12. The van der Waals surface area contributed by atoms with Crippen molar-refractivity contribution in [2.75, 3.05) is 19.8 Å². The molecule has 0 aliphatic carbocycles. The predicted molar refractivity (Wildman–Crippen MR) is 98.5 cm³/mol. The van der Waals surface area contributed by atoms with Gasteiger partial charge in [-0.3, -0.25) is 0 Å². The summed E-state index contributed by atoms with van der Waals surface area (Å²) in [6, 6.07) is 3.64. The third kappa shape index (κ3) is 9.98. The molecule has 0 aromatic heterocycles. The highest BCUT2D eigenvalue weighted by Crippen LogP contribution is 2.34. The van der Waals surface area contributed by atoms with Gasteiger partial charge in [0.1, 0.15) is 0 Å². The van der Waals surface area contributed by atoms with Crippen molar-refractivity contribution in [3.8, 4) is 0 Å². The second-order valence-electron chi connectivity index (χ2n) is 7.53. The molecule has 0 aliphatic heterocycles. The van der Waals surface area contributed by atoms with Crippen LogP contribution >= 0.6 is 0 Å². The first-order valence-corrected chi connectivity index (χ1v) is 11.7. The highest BCUT2D eigenvalue weighted by atomic mass is 28.3. The summed E-state index contributed by atoms with van der Waals surface area (Å²) in [5, 5.41) is 0. The van der Waals surface area contributed by atoms with E-state index in [0.717, 1.165) is 25.4 Å². The third-order valence-corrected chi connectivity index (χ3v) is 10.4. The van der Waals surface area contributed by atoms with Gasteiger partial charge in [0, 0.05) is 19.8 Å². The minimum atomic E-state index is -1.45. The summed E-state index contributed by atoms with van der Waals surface area (Å²) in [6.07, 6.45) is 0.952. The van der Waals surface area contributed by atoms with Crippen LogP contribution in [0.1, 0.15) is 55.4 Å². The maximum atomic E-state index is 5.86. The van der Waals surface area contributed by atoms with E-state index in [4.69, 9.17) is 14.2 Å². The zero-order valence-electron chi connectivity index (χ0n) is 16.3. The van der Waals surface area contributed by atoms with Gasteiger partial charge in [0.05, 0.1) is 26.4 Å². The Morgan fingerprint density at radius 2 is 0.818 bits per heavy atom. The van der Waals surface area contributed by atoms with Crippen LogP contribution < -0.4 is 0 Å². The first-order valence-electron chi connectivity index (χ1n) is 9.04. The fourth-order valence-electron chi connectivity index (χ4n) is 2.73. The van der Waals surface area contributed by atoms with Gasteiger partial charge in [-0.15, -0.1) is 0 Å². The molecule has 0 aliphatic rings. The summed E-state index contributed by atoms with van der Waals surface area (Å²) in [5.41, 5.74) is 0.731. The summed E-state index contributed by atoms with van der Waals surface area (Å²) in [7, 11) is -1.45. The Bertz CT molecular complexity index is 229. The molecule has 0 atom stereocenters. The van der Waals surface area contributed by atoms with E-state index in [1.54, 1.807) is 0 Å². The summed E-state index contributed by atoms with van der Waals surface area (Å²) in [5.74, 6) is 0. The average molecular weight is 333 g/mol. The fourth-order valence-corrected chi connectivity index (χ4v) is 6.79. The van der Waals surface area contributed by atoms with Gasteiger partial charge >= 0.3 is 0 Å². The summed E-state index contributed by atoms with van der Waals surface area (Å²) >= 11 is 0. The van der Waals surface area contributed by atoms with E-state index < -0.39 is 8.07 Å². The first-order chi connectivity index (χ1) is 10.2. The highest BCUT2D eigenvalue weighted by molar-refractivity contribution is 6.81. The maximum absolute atomic E-state index is 5.86. The van der Waals surface area contributed by atoms with Gasteiger partial charge in [-0.25, -0.2) is 0 Å². The second-order valence-corrected chi connectivity index (χ2v) is 12.9. The molecule has 134 valence electrons. The van der Waals surface area contributed by atoms with Gasteiger partial charge in [-0.05, 0) is 59.7 Å². The van der Waals surface area contributed by atoms with E-state index >= 15 is 0 Å². The Balaban J connectivity index is 4.68. The number of hydrogen-bond acceptors (Lipinski definition) is 3. The van der Waals surface area contributed by atoms with Crippen molar-refractivity contribution in [2.45, 2.75) is 97.4 Å². The van der Waals surface area contributed by atoms with Crippen molar-refractivity contribution in [3.63, 3.8) is 0 Å². The van der Waals surface area contributed by atoms with Crippen molar-refractivity contribution >= 4 is 8.07 Å². The molecule has 22 heavy (non-hydrogen) atoms. The lowest BCUT2D eigenvalue weighted by molar-refractivity contribution is 0.0804. The average Bonchev–Trinajstić information content (AvgIpc) is 2.36. The van der Waals surface area contributed by atoms with Crippen molar-refractivity contribution in [1.29, 1.82) is 0 Å². The van der Waals surface area contributed by atoms with Crippen molar-refractivity contribution < 1.29 is 14.2 Å². The van der Waals surface area contributed by atoms with E-state index in [-0.39, 0.29) is 0 Å². The minimum absolute atomic E-state index is 0.317. The Hall–Kier alpha value is 0.0969. The summed E-state index contributed by atoms with van der Waals surface area (Å²) < 4.78 is 17.6. The molecule has 0 fully saturated rings. The number of rotatable bonds is 13. The van der Waals surface area contributed by atoms with Gasteiger partial charge in [0.2, 0.25) is 0 Å². The smallest absolute Gasteiger partial charge is 0.0629 e. The second kappa shape index (κ2) is 11.6. The van der Waals surface area contributed by atoms with E-state index in [1.807, 2.05) is 0 Å². The molecule has 0 aromatic carbocycles.